The lowest BCUT2D eigenvalue weighted by Gasteiger charge is -2.27. The van der Waals surface area contributed by atoms with Crippen LogP contribution in [0.15, 0.2) is 42.5 Å². The smallest absolute Gasteiger partial charge is 0.125 e. The Balaban J connectivity index is 1.92. The minimum absolute atomic E-state index is 0.0258. The standard InChI is InChI=1S/C18H20FNO/c1-12(20)16-11-14(19)9-10-18(16)21-17-8-4-6-13-5-2-3-7-15(13)17/h2-3,5,7,9-12,17H,4,6,8,20H2,1H3. The van der Waals surface area contributed by atoms with Gasteiger partial charge in [0.1, 0.15) is 17.7 Å². The third-order valence-electron chi connectivity index (χ3n) is 4.05. The molecule has 3 heteroatoms. The number of nitrogens with two attached hydrogens (primary N) is 1. The number of rotatable bonds is 3. The molecular weight excluding hydrogens is 265 g/mol. The summed E-state index contributed by atoms with van der Waals surface area (Å²) < 4.78 is 19.6. The van der Waals surface area contributed by atoms with Crippen LogP contribution >= 0.6 is 0 Å². The fourth-order valence-electron chi connectivity index (χ4n) is 2.97. The van der Waals surface area contributed by atoms with E-state index in [1.54, 1.807) is 6.07 Å². The van der Waals surface area contributed by atoms with Gasteiger partial charge in [0.15, 0.2) is 0 Å². The molecule has 1 aliphatic carbocycles. The average molecular weight is 285 g/mol. The Bertz CT molecular complexity index is 639. The van der Waals surface area contributed by atoms with Crippen molar-refractivity contribution in [2.75, 3.05) is 0 Å². The normalized spacial score (nSPS) is 18.9. The number of aryl methyl sites for hydroxylation is 1. The molecule has 0 radical (unpaired) electrons. The predicted molar refractivity (Wildman–Crippen MR) is 81.8 cm³/mol. The topological polar surface area (TPSA) is 35.2 Å². The highest BCUT2D eigenvalue weighted by Crippen LogP contribution is 2.35. The summed E-state index contributed by atoms with van der Waals surface area (Å²) in [6, 6.07) is 12.7. The van der Waals surface area contributed by atoms with Crippen LogP contribution in [0.1, 0.15) is 48.6 Å². The van der Waals surface area contributed by atoms with Crippen LogP contribution in [-0.4, -0.2) is 0 Å². The Kier molecular flexibility index (Phi) is 3.93. The minimum atomic E-state index is -0.279. The van der Waals surface area contributed by atoms with Crippen LogP contribution in [0.25, 0.3) is 0 Å². The molecule has 0 bridgehead atoms. The molecule has 0 amide bonds. The van der Waals surface area contributed by atoms with Gasteiger partial charge in [-0.15, -0.1) is 0 Å². The average Bonchev–Trinajstić information content (AvgIpc) is 2.49. The Morgan fingerprint density at radius 3 is 2.86 bits per heavy atom. The van der Waals surface area contributed by atoms with Crippen LogP contribution in [-0.2, 0) is 6.42 Å². The van der Waals surface area contributed by atoms with E-state index in [9.17, 15) is 4.39 Å². The molecule has 0 spiro atoms. The highest BCUT2D eigenvalue weighted by atomic mass is 19.1. The molecule has 110 valence electrons. The first kappa shape index (κ1) is 14.1. The predicted octanol–water partition coefficient (Wildman–Crippen LogP) is 4.30. The van der Waals surface area contributed by atoms with Gasteiger partial charge in [-0.05, 0) is 55.5 Å². The summed E-state index contributed by atoms with van der Waals surface area (Å²) >= 11 is 0. The maximum absolute atomic E-state index is 13.4. The summed E-state index contributed by atoms with van der Waals surface area (Å²) in [5, 5.41) is 0. The molecule has 0 saturated heterocycles. The van der Waals surface area contributed by atoms with Gasteiger partial charge in [-0.1, -0.05) is 24.3 Å². The molecule has 21 heavy (non-hydrogen) atoms. The van der Waals surface area contributed by atoms with E-state index in [-0.39, 0.29) is 18.0 Å². The first-order chi connectivity index (χ1) is 10.1. The van der Waals surface area contributed by atoms with Crippen LogP contribution in [0, 0.1) is 5.82 Å². The molecule has 1 aliphatic rings. The molecule has 2 aromatic rings. The largest absolute Gasteiger partial charge is 0.485 e. The zero-order valence-corrected chi connectivity index (χ0v) is 12.2. The Morgan fingerprint density at radius 1 is 1.24 bits per heavy atom. The number of halogens is 1. The number of ether oxygens (including phenoxy) is 1. The minimum Gasteiger partial charge on any atom is -0.485 e. The van der Waals surface area contributed by atoms with Crippen molar-refractivity contribution in [3.05, 3.63) is 65.0 Å². The summed E-state index contributed by atoms with van der Waals surface area (Å²) in [5.41, 5.74) is 9.24. The van der Waals surface area contributed by atoms with Crippen LogP contribution in [0.4, 0.5) is 4.39 Å². The van der Waals surface area contributed by atoms with Gasteiger partial charge in [0.25, 0.3) is 0 Å². The zero-order valence-electron chi connectivity index (χ0n) is 12.2. The number of hydrogen-bond acceptors (Lipinski definition) is 2. The van der Waals surface area contributed by atoms with Crippen LogP contribution in [0.5, 0.6) is 5.75 Å². The third-order valence-corrected chi connectivity index (χ3v) is 4.05. The van der Waals surface area contributed by atoms with Gasteiger partial charge in [-0.2, -0.15) is 0 Å². The number of benzene rings is 2. The summed E-state index contributed by atoms with van der Waals surface area (Å²) in [5.74, 6) is 0.409. The summed E-state index contributed by atoms with van der Waals surface area (Å²) in [7, 11) is 0. The Hall–Kier alpha value is -1.87. The van der Waals surface area contributed by atoms with Gasteiger partial charge in [0.2, 0.25) is 0 Å². The van der Waals surface area contributed by atoms with Crippen molar-refractivity contribution in [2.45, 2.75) is 38.3 Å². The summed E-state index contributed by atoms with van der Waals surface area (Å²) in [6.45, 7) is 1.84. The zero-order chi connectivity index (χ0) is 14.8. The molecule has 0 fully saturated rings. The SMILES string of the molecule is CC(N)c1cc(F)ccc1OC1CCCc2ccccc21. The Morgan fingerprint density at radius 2 is 2.05 bits per heavy atom. The van der Waals surface area contributed by atoms with E-state index in [2.05, 4.69) is 18.2 Å². The first-order valence-electron chi connectivity index (χ1n) is 7.44. The monoisotopic (exact) mass is 285 g/mol. The van der Waals surface area contributed by atoms with Crippen LogP contribution in [0.2, 0.25) is 0 Å². The fourth-order valence-corrected chi connectivity index (χ4v) is 2.97. The van der Waals surface area contributed by atoms with Gasteiger partial charge >= 0.3 is 0 Å². The molecule has 2 N–H and O–H groups in total. The van der Waals surface area contributed by atoms with Crippen LogP contribution < -0.4 is 10.5 Å². The van der Waals surface area contributed by atoms with Crippen LogP contribution in [0.3, 0.4) is 0 Å². The third kappa shape index (κ3) is 2.93. The maximum atomic E-state index is 13.4. The van der Waals surface area contributed by atoms with Gasteiger partial charge < -0.3 is 10.5 Å². The molecule has 2 atom stereocenters. The second kappa shape index (κ2) is 5.86. The van der Waals surface area contributed by atoms with E-state index in [4.69, 9.17) is 10.5 Å². The second-order valence-corrected chi connectivity index (χ2v) is 5.67. The Labute approximate surface area is 124 Å². The second-order valence-electron chi connectivity index (χ2n) is 5.67. The molecule has 0 saturated carbocycles. The van der Waals surface area contributed by atoms with E-state index < -0.39 is 0 Å². The summed E-state index contributed by atoms with van der Waals surface area (Å²) in [6.07, 6.45) is 3.21. The lowest BCUT2D eigenvalue weighted by Crippen LogP contribution is -2.17. The van der Waals surface area contributed by atoms with E-state index in [0.717, 1.165) is 24.8 Å². The highest BCUT2D eigenvalue weighted by molar-refractivity contribution is 5.38. The van der Waals surface area contributed by atoms with Crippen molar-refractivity contribution in [3.8, 4) is 5.75 Å². The van der Waals surface area contributed by atoms with Gasteiger partial charge in [0, 0.05) is 11.6 Å². The van der Waals surface area contributed by atoms with Crippen molar-refractivity contribution in [2.24, 2.45) is 5.73 Å². The van der Waals surface area contributed by atoms with Crippen molar-refractivity contribution in [1.29, 1.82) is 0 Å². The van der Waals surface area contributed by atoms with Crippen molar-refractivity contribution in [1.82, 2.24) is 0 Å². The van der Waals surface area contributed by atoms with Gasteiger partial charge in [-0.3, -0.25) is 0 Å². The van der Waals surface area contributed by atoms with Crippen molar-refractivity contribution >= 4 is 0 Å². The maximum Gasteiger partial charge on any atom is 0.125 e. The lowest BCUT2D eigenvalue weighted by molar-refractivity contribution is 0.181. The molecule has 2 nitrogen and oxygen atoms in total. The van der Waals surface area contributed by atoms with E-state index in [0.29, 0.717) is 5.75 Å². The van der Waals surface area contributed by atoms with Gasteiger partial charge in [-0.25, -0.2) is 4.39 Å². The lowest BCUT2D eigenvalue weighted by atomic mass is 9.89. The molecule has 3 rings (SSSR count). The van der Waals surface area contributed by atoms with Crippen molar-refractivity contribution in [3.63, 3.8) is 0 Å². The highest BCUT2D eigenvalue weighted by Gasteiger charge is 2.22. The fraction of sp³-hybridized carbons (Fsp3) is 0.333. The molecular formula is C18H20FNO. The molecule has 2 aromatic carbocycles. The molecule has 0 heterocycles. The molecule has 0 aromatic heterocycles. The van der Waals surface area contributed by atoms with E-state index in [1.165, 1.54) is 23.3 Å². The van der Waals surface area contributed by atoms with E-state index in [1.807, 2.05) is 13.0 Å². The first-order valence-corrected chi connectivity index (χ1v) is 7.44. The number of fused-ring (bicyclic) bond motifs is 1. The van der Waals surface area contributed by atoms with E-state index >= 15 is 0 Å². The van der Waals surface area contributed by atoms with Gasteiger partial charge in [0.05, 0.1) is 0 Å². The van der Waals surface area contributed by atoms with Crippen molar-refractivity contribution < 1.29 is 9.13 Å². The quantitative estimate of drug-likeness (QED) is 0.912. The summed E-state index contributed by atoms with van der Waals surface area (Å²) in [4.78, 5) is 0. The molecule has 2 unspecified atom stereocenters. The number of hydrogen-bond donors (Lipinski definition) is 1. The molecule has 0 aliphatic heterocycles.